The minimum Gasteiger partial charge on any atom is -0.496 e. The van der Waals surface area contributed by atoms with Gasteiger partial charge in [0.05, 0.1) is 20.2 Å². The molecule has 8 heteroatoms. The number of hydrogen-bond acceptors (Lipinski definition) is 7. The van der Waals surface area contributed by atoms with Gasteiger partial charge in [-0.05, 0) is 36.6 Å². The van der Waals surface area contributed by atoms with Crippen molar-refractivity contribution in [3.05, 3.63) is 59.5 Å². The normalized spacial score (nSPS) is 14.9. The highest BCUT2D eigenvalue weighted by Gasteiger charge is 2.21. The number of aryl methyl sites for hydroxylation is 2. The number of ether oxygens (including phenoxy) is 1. The number of para-hydroxylation sites is 1. The Hall–Kier alpha value is -3.23. The lowest BCUT2D eigenvalue weighted by atomic mass is 10.1. The van der Waals surface area contributed by atoms with Crippen LogP contribution in [0.2, 0.25) is 0 Å². The monoisotopic (exact) mass is 449 g/mol. The number of amides is 1. The number of carbonyl (C=O) groups is 1. The van der Waals surface area contributed by atoms with Gasteiger partial charge in [-0.25, -0.2) is 0 Å². The summed E-state index contributed by atoms with van der Waals surface area (Å²) in [4.78, 5) is 21.5. The van der Waals surface area contributed by atoms with Crippen molar-refractivity contribution in [2.24, 2.45) is 0 Å². The van der Waals surface area contributed by atoms with Crippen molar-refractivity contribution in [1.82, 2.24) is 19.9 Å². The number of hydrogen-bond donors (Lipinski definition) is 1. The van der Waals surface area contributed by atoms with Crippen LogP contribution < -0.4 is 10.1 Å². The summed E-state index contributed by atoms with van der Waals surface area (Å²) >= 11 is 0. The molecule has 1 aromatic heterocycles. The van der Waals surface area contributed by atoms with Gasteiger partial charge in [-0.3, -0.25) is 14.6 Å². The van der Waals surface area contributed by atoms with E-state index < -0.39 is 0 Å². The molecule has 0 saturated carbocycles. The van der Waals surface area contributed by atoms with E-state index in [0.717, 1.165) is 60.7 Å². The second-order valence-corrected chi connectivity index (χ2v) is 8.31. The second-order valence-electron chi connectivity index (χ2n) is 8.31. The molecular weight excluding hydrogens is 418 g/mol. The largest absolute Gasteiger partial charge is 0.496 e. The molecule has 1 N–H and O–H groups in total. The summed E-state index contributed by atoms with van der Waals surface area (Å²) in [6.45, 7) is 8.40. The molecule has 0 bridgehead atoms. The van der Waals surface area contributed by atoms with Crippen LogP contribution in [0.3, 0.4) is 0 Å². The van der Waals surface area contributed by atoms with Gasteiger partial charge < -0.3 is 14.6 Å². The van der Waals surface area contributed by atoms with Crippen LogP contribution in [0.4, 0.5) is 5.69 Å². The van der Waals surface area contributed by atoms with E-state index in [0.29, 0.717) is 24.8 Å². The summed E-state index contributed by atoms with van der Waals surface area (Å²) in [5.74, 6) is 1.98. The van der Waals surface area contributed by atoms with E-state index in [1.807, 2.05) is 49.4 Å². The fraction of sp³-hybridized carbons (Fsp3) is 0.400. The maximum atomic E-state index is 12.5. The molecule has 2 heterocycles. The third-order valence-corrected chi connectivity index (χ3v) is 6.00. The van der Waals surface area contributed by atoms with Crippen molar-refractivity contribution < 1.29 is 14.1 Å². The highest BCUT2D eigenvalue weighted by atomic mass is 16.5. The number of nitrogens with one attached hydrogen (secondary N) is 1. The van der Waals surface area contributed by atoms with E-state index in [1.165, 1.54) is 0 Å². The Morgan fingerprint density at radius 3 is 2.64 bits per heavy atom. The molecule has 0 atom stereocenters. The van der Waals surface area contributed by atoms with Crippen molar-refractivity contribution in [2.45, 2.75) is 26.8 Å². The quantitative estimate of drug-likeness (QED) is 0.564. The second kappa shape index (κ2) is 10.6. The Labute approximate surface area is 194 Å². The van der Waals surface area contributed by atoms with Gasteiger partial charge in [-0.2, -0.15) is 4.98 Å². The summed E-state index contributed by atoms with van der Waals surface area (Å²) in [7, 11) is 1.65. The van der Waals surface area contributed by atoms with Gasteiger partial charge in [0.25, 0.3) is 0 Å². The van der Waals surface area contributed by atoms with Gasteiger partial charge >= 0.3 is 0 Å². The van der Waals surface area contributed by atoms with E-state index in [-0.39, 0.29) is 5.91 Å². The molecular formula is C25H31N5O3. The van der Waals surface area contributed by atoms with Crippen molar-refractivity contribution >= 4 is 11.6 Å². The van der Waals surface area contributed by atoms with Crippen LogP contribution in [0.5, 0.6) is 5.75 Å². The molecule has 2 aromatic carbocycles. The number of carbonyl (C=O) groups excluding carboxylic acids is 1. The summed E-state index contributed by atoms with van der Waals surface area (Å²) in [6, 6.07) is 13.8. The Morgan fingerprint density at radius 2 is 1.88 bits per heavy atom. The lowest BCUT2D eigenvalue weighted by Crippen LogP contribution is -2.48. The number of benzene rings is 2. The molecule has 33 heavy (non-hydrogen) atoms. The molecule has 0 aliphatic carbocycles. The molecule has 1 fully saturated rings. The average molecular weight is 450 g/mol. The minimum atomic E-state index is 0.0272. The molecule has 3 aromatic rings. The fourth-order valence-electron chi connectivity index (χ4n) is 4.04. The van der Waals surface area contributed by atoms with E-state index in [1.54, 1.807) is 7.11 Å². The summed E-state index contributed by atoms with van der Waals surface area (Å²) < 4.78 is 10.9. The summed E-state index contributed by atoms with van der Waals surface area (Å²) in [5.41, 5.74) is 3.99. The number of piperazine rings is 1. The van der Waals surface area contributed by atoms with Gasteiger partial charge in [0.1, 0.15) is 5.75 Å². The number of nitrogens with zero attached hydrogens (tertiary/aromatic N) is 4. The van der Waals surface area contributed by atoms with Crippen LogP contribution in [0.25, 0.3) is 11.4 Å². The zero-order valence-corrected chi connectivity index (χ0v) is 19.5. The van der Waals surface area contributed by atoms with Gasteiger partial charge in [-0.1, -0.05) is 42.4 Å². The summed E-state index contributed by atoms with van der Waals surface area (Å²) in [6.07, 6.45) is 0.893. The van der Waals surface area contributed by atoms with Crippen LogP contribution in [-0.2, 0) is 17.8 Å². The number of methoxy groups -OCH3 is 1. The Balaban J connectivity index is 1.26. The van der Waals surface area contributed by atoms with Gasteiger partial charge in [0.15, 0.2) is 0 Å². The predicted molar refractivity (Wildman–Crippen MR) is 127 cm³/mol. The molecule has 174 valence electrons. The SMILES string of the molecule is CCc1ccccc1NC(=O)CN1CCN(Cc2nc(-c3ccc(C)c(OC)c3)no2)CC1. The molecule has 0 radical (unpaired) electrons. The lowest BCUT2D eigenvalue weighted by Gasteiger charge is -2.33. The number of aromatic nitrogens is 2. The van der Waals surface area contributed by atoms with Crippen LogP contribution in [0, 0.1) is 6.92 Å². The molecule has 1 amide bonds. The van der Waals surface area contributed by atoms with Crippen LogP contribution in [-0.4, -0.2) is 65.7 Å². The molecule has 4 rings (SSSR count). The van der Waals surface area contributed by atoms with Crippen molar-refractivity contribution in [3.63, 3.8) is 0 Å². The van der Waals surface area contributed by atoms with Crippen LogP contribution >= 0.6 is 0 Å². The average Bonchev–Trinajstić information content (AvgIpc) is 3.29. The van der Waals surface area contributed by atoms with E-state index in [9.17, 15) is 4.79 Å². The maximum Gasteiger partial charge on any atom is 0.241 e. The molecule has 0 unspecified atom stereocenters. The van der Waals surface area contributed by atoms with Crippen molar-refractivity contribution in [3.8, 4) is 17.1 Å². The third-order valence-electron chi connectivity index (χ3n) is 6.00. The zero-order chi connectivity index (χ0) is 23.2. The first-order chi connectivity index (χ1) is 16.1. The third kappa shape index (κ3) is 5.77. The first-order valence-corrected chi connectivity index (χ1v) is 11.4. The van der Waals surface area contributed by atoms with E-state index >= 15 is 0 Å². The van der Waals surface area contributed by atoms with Crippen LogP contribution in [0.15, 0.2) is 47.0 Å². The molecule has 1 aliphatic rings. The van der Waals surface area contributed by atoms with Crippen molar-refractivity contribution in [1.29, 1.82) is 0 Å². The van der Waals surface area contributed by atoms with Gasteiger partial charge in [0.2, 0.25) is 17.6 Å². The zero-order valence-electron chi connectivity index (χ0n) is 19.5. The molecule has 1 saturated heterocycles. The standard InChI is InChI=1S/C25H31N5O3/c1-4-19-7-5-6-8-21(19)26-23(31)16-29-11-13-30(14-12-29)17-24-27-25(28-33-24)20-10-9-18(2)22(15-20)32-3/h5-10,15H,4,11-14,16-17H2,1-3H3,(H,26,31). The number of rotatable bonds is 8. The molecule has 0 spiro atoms. The van der Waals surface area contributed by atoms with E-state index in [4.69, 9.17) is 9.26 Å². The van der Waals surface area contributed by atoms with Crippen molar-refractivity contribution in [2.75, 3.05) is 45.2 Å². The van der Waals surface area contributed by atoms with Gasteiger partial charge in [0, 0.05) is 37.4 Å². The molecule has 1 aliphatic heterocycles. The van der Waals surface area contributed by atoms with E-state index in [2.05, 4.69) is 32.2 Å². The molecule has 8 nitrogen and oxygen atoms in total. The topological polar surface area (TPSA) is 83.7 Å². The highest BCUT2D eigenvalue weighted by molar-refractivity contribution is 5.93. The summed E-state index contributed by atoms with van der Waals surface area (Å²) in [5, 5.41) is 7.19. The first-order valence-electron chi connectivity index (χ1n) is 11.4. The Morgan fingerprint density at radius 1 is 1.12 bits per heavy atom. The first kappa shape index (κ1) is 22.9. The maximum absolute atomic E-state index is 12.5. The fourth-order valence-corrected chi connectivity index (χ4v) is 4.04. The van der Waals surface area contributed by atoms with Crippen LogP contribution in [0.1, 0.15) is 23.9 Å². The highest BCUT2D eigenvalue weighted by Crippen LogP contribution is 2.25. The Bertz CT molecular complexity index is 1090. The van der Waals surface area contributed by atoms with Gasteiger partial charge in [-0.15, -0.1) is 0 Å². The lowest BCUT2D eigenvalue weighted by molar-refractivity contribution is -0.117. The minimum absolute atomic E-state index is 0.0272. The number of anilines is 1. The predicted octanol–water partition coefficient (Wildman–Crippen LogP) is 3.37. The Kier molecular flexibility index (Phi) is 7.36. The smallest absolute Gasteiger partial charge is 0.241 e.